The Hall–Kier alpha value is -5.26. The van der Waals surface area contributed by atoms with Gasteiger partial charge in [-0.2, -0.15) is 21.4 Å². The van der Waals surface area contributed by atoms with Gasteiger partial charge in [-0.05, 0) is 86.2 Å². The van der Waals surface area contributed by atoms with Crippen molar-refractivity contribution >= 4 is 65.3 Å². The molecule has 0 saturated heterocycles. The minimum Gasteiger partial charge on any atom is -0.356 e. The number of rotatable bonds is 26. The first-order valence-electron chi connectivity index (χ1n) is 23.9. The summed E-state index contributed by atoms with van der Waals surface area (Å²) in [6, 6.07) is 29.7. The van der Waals surface area contributed by atoms with Crippen LogP contribution >= 0.6 is 12.0 Å². The maximum Gasteiger partial charge on any atom is 0.294 e. The van der Waals surface area contributed by atoms with Gasteiger partial charge in [0.2, 0.25) is 21.6 Å². The molecule has 0 radical (unpaired) electrons. The second-order valence-corrected chi connectivity index (χ2v) is 24.7. The van der Waals surface area contributed by atoms with E-state index in [1.807, 2.05) is 111 Å². The summed E-state index contributed by atoms with van der Waals surface area (Å²) in [5.74, 6) is -0.0170. The number of hydrogen-bond acceptors (Lipinski definition) is 12. The van der Waals surface area contributed by atoms with E-state index in [1.54, 1.807) is 18.2 Å². The van der Waals surface area contributed by atoms with Gasteiger partial charge in [0.1, 0.15) is 6.54 Å². The number of anilines is 1. The molecule has 6 rings (SSSR count). The fraction of sp³-hybridized carbons (Fsp3) is 0.358. The van der Waals surface area contributed by atoms with Crippen LogP contribution in [0.4, 0.5) is 11.4 Å². The van der Waals surface area contributed by atoms with Crippen molar-refractivity contribution in [1.29, 1.82) is 0 Å². The van der Waals surface area contributed by atoms with Crippen molar-refractivity contribution in [2.24, 2.45) is 0 Å². The van der Waals surface area contributed by atoms with Gasteiger partial charge in [-0.25, -0.2) is 18.0 Å². The molecule has 2 aliphatic rings. The third-order valence-electron chi connectivity index (χ3n) is 13.2. The third kappa shape index (κ3) is 14.5. The largest absolute Gasteiger partial charge is 0.356 e. The molecule has 0 aliphatic carbocycles. The Bertz CT molecular complexity index is 3040. The molecule has 4 aromatic carbocycles. The molecule has 0 unspecified atom stereocenters. The molecule has 0 bridgehead atoms. The van der Waals surface area contributed by atoms with Gasteiger partial charge in [0.25, 0.3) is 20.2 Å². The van der Waals surface area contributed by atoms with E-state index >= 15 is 0 Å². The van der Waals surface area contributed by atoms with Gasteiger partial charge in [-0.15, -0.1) is 4.33 Å². The van der Waals surface area contributed by atoms with Crippen LogP contribution in [0.25, 0.3) is 0 Å². The number of benzene rings is 4. The van der Waals surface area contributed by atoms with E-state index in [0.29, 0.717) is 49.4 Å². The van der Waals surface area contributed by atoms with Crippen LogP contribution in [-0.2, 0) is 55.3 Å². The molecule has 4 aromatic rings. The number of fused-ring (bicyclic) bond motifs is 2. The zero-order valence-corrected chi connectivity index (χ0v) is 44.9. The van der Waals surface area contributed by atoms with Crippen LogP contribution < -0.4 is 10.2 Å². The van der Waals surface area contributed by atoms with Crippen molar-refractivity contribution < 1.29 is 58.4 Å². The topological polar surface area (TPSA) is 220 Å². The van der Waals surface area contributed by atoms with E-state index in [0.717, 1.165) is 45.8 Å². The number of nitrogens with zero attached hydrogens (tertiary/aromatic N) is 3. The van der Waals surface area contributed by atoms with Crippen molar-refractivity contribution in [1.82, 2.24) is 9.62 Å². The Kier molecular flexibility index (Phi) is 19.4. The van der Waals surface area contributed by atoms with Gasteiger partial charge in [0.05, 0.1) is 21.0 Å². The van der Waals surface area contributed by atoms with Crippen LogP contribution in [0.3, 0.4) is 0 Å². The molecule has 73 heavy (non-hydrogen) atoms. The standard InChI is InChI=1S/C53H64N4O12S4/c1-52(2)45-38-42(72(63,64)55(5)33-17-26-51(58)54-32-31-44(40-20-11-9-12-21-40)41-22-13-10-14-23-41)27-29-47(45)57(35-19-37-71(60,61)62)50(52)25-16-8-6-7-15-24-49-53(3,4)46-39-43(73(65,66)67)28-30-48(46)56(49)34-18-36-70-69-68-59/h6-16,20-25,27-30,38-39,44H,17-19,26,31-37H2,1-5H3,(H3-,54,58,59,60,61,62,65,66,67)/p+1. The Balaban J connectivity index is 1.13. The second-order valence-electron chi connectivity index (χ2n) is 18.9. The first-order chi connectivity index (χ1) is 34.6. The number of carbonyl (C=O) groups excluding carboxylic acids is 1. The maximum atomic E-state index is 14.0. The summed E-state index contributed by atoms with van der Waals surface area (Å²) in [6.07, 6.45) is 14.9. The highest BCUT2D eigenvalue weighted by Gasteiger charge is 2.45. The van der Waals surface area contributed by atoms with Gasteiger partial charge in [-0.1, -0.05) is 110 Å². The second kappa shape index (κ2) is 24.8. The Morgan fingerprint density at radius 1 is 0.795 bits per heavy atom. The molecule has 0 spiro atoms. The SMILES string of the molecule is CN(CCCC(=O)NCCC(c1ccccc1)c1ccccc1)S(=O)(=O)c1ccc2c(c1)C(C)(C)C(C=CC=CC=CC=C1N(CCCSOOO)c3ccc(S(=O)(=O)O)cc3C1(C)C)=[N+]2CCCS(=O)(=O)O. The minimum atomic E-state index is -4.44. The van der Waals surface area contributed by atoms with E-state index in [-0.39, 0.29) is 47.5 Å². The predicted molar refractivity (Wildman–Crippen MR) is 286 cm³/mol. The molecular weight excluding hydrogens is 1010 g/mol. The number of sulfonamides is 1. The molecule has 16 nitrogen and oxygen atoms in total. The molecule has 1 amide bonds. The average Bonchev–Trinajstić information content (AvgIpc) is 3.69. The van der Waals surface area contributed by atoms with Crippen molar-refractivity contribution in [2.75, 3.05) is 49.6 Å². The van der Waals surface area contributed by atoms with Gasteiger partial charge >= 0.3 is 0 Å². The van der Waals surface area contributed by atoms with Crippen molar-refractivity contribution in [2.45, 2.75) is 86.3 Å². The zero-order chi connectivity index (χ0) is 53.0. The summed E-state index contributed by atoms with van der Waals surface area (Å²) in [5, 5.41) is 15.2. The van der Waals surface area contributed by atoms with E-state index in [1.165, 1.54) is 29.6 Å². The molecule has 0 saturated carbocycles. The number of allylic oxidation sites excluding steroid dienone is 8. The lowest BCUT2D eigenvalue weighted by Gasteiger charge is -2.27. The quantitative estimate of drug-likeness (QED) is 0.00877. The highest BCUT2D eigenvalue weighted by molar-refractivity contribution is 7.94. The van der Waals surface area contributed by atoms with Crippen molar-refractivity contribution in [3.63, 3.8) is 0 Å². The number of nitrogens with one attached hydrogen (secondary N) is 1. The van der Waals surface area contributed by atoms with Crippen molar-refractivity contribution in [3.8, 4) is 0 Å². The minimum absolute atomic E-state index is 0.0802. The average molecular weight is 1080 g/mol. The van der Waals surface area contributed by atoms with Crippen LogP contribution in [0.15, 0.2) is 155 Å². The van der Waals surface area contributed by atoms with Gasteiger partial charge in [0, 0.05) is 97.7 Å². The number of amides is 1. The first kappa shape index (κ1) is 57.0. The lowest BCUT2D eigenvalue weighted by Crippen LogP contribution is -2.31. The van der Waals surface area contributed by atoms with Gasteiger partial charge in [0.15, 0.2) is 5.71 Å². The summed E-state index contributed by atoms with van der Waals surface area (Å²) < 4.78 is 103. The van der Waals surface area contributed by atoms with Crippen LogP contribution in [0.5, 0.6) is 0 Å². The Morgan fingerprint density at radius 2 is 1.42 bits per heavy atom. The van der Waals surface area contributed by atoms with E-state index < -0.39 is 46.8 Å². The maximum absolute atomic E-state index is 14.0. The van der Waals surface area contributed by atoms with E-state index in [4.69, 9.17) is 5.26 Å². The predicted octanol–water partition coefficient (Wildman–Crippen LogP) is 9.14. The molecule has 0 fully saturated rings. The summed E-state index contributed by atoms with van der Waals surface area (Å²) in [6.45, 7) is 9.18. The molecule has 0 aromatic heterocycles. The number of hydrogen-bond donors (Lipinski definition) is 4. The smallest absolute Gasteiger partial charge is 0.294 e. The summed E-state index contributed by atoms with van der Waals surface area (Å²) in [5.41, 5.74) is 5.52. The summed E-state index contributed by atoms with van der Waals surface area (Å²) >= 11 is 0.935. The van der Waals surface area contributed by atoms with Crippen LogP contribution in [0, 0.1) is 0 Å². The van der Waals surface area contributed by atoms with Crippen molar-refractivity contribution in [3.05, 3.63) is 168 Å². The summed E-state index contributed by atoms with van der Waals surface area (Å²) in [4.78, 5) is 14.9. The lowest BCUT2D eigenvalue weighted by atomic mass is 9.81. The van der Waals surface area contributed by atoms with E-state index in [9.17, 15) is 39.2 Å². The van der Waals surface area contributed by atoms with E-state index in [2.05, 4.69) is 43.9 Å². The van der Waals surface area contributed by atoms with Crippen LogP contribution in [-0.4, -0.2) is 105 Å². The Labute approximate surface area is 434 Å². The van der Waals surface area contributed by atoms with Gasteiger partial charge in [-0.3, -0.25) is 13.9 Å². The molecule has 20 heteroatoms. The molecular formula is C53H65N4O12S4+. The highest BCUT2D eigenvalue weighted by Crippen LogP contribution is 2.49. The first-order valence-corrected chi connectivity index (χ1v) is 29.3. The molecule has 4 N–H and O–H groups in total. The fourth-order valence-corrected chi connectivity index (χ4v) is 12.0. The highest BCUT2D eigenvalue weighted by atomic mass is 32.2. The molecule has 2 aliphatic heterocycles. The van der Waals surface area contributed by atoms with Gasteiger partial charge < -0.3 is 10.2 Å². The summed E-state index contributed by atoms with van der Waals surface area (Å²) in [7, 11) is -11.2. The number of carbonyl (C=O) groups is 1. The molecule has 392 valence electrons. The molecule has 0 atom stereocenters. The molecule has 2 heterocycles. The van der Waals surface area contributed by atoms with Crippen LogP contribution in [0.2, 0.25) is 0 Å². The third-order valence-corrected chi connectivity index (χ3v) is 17.3. The lowest BCUT2D eigenvalue weighted by molar-refractivity contribution is -0.437. The fourth-order valence-electron chi connectivity index (χ4n) is 9.44. The normalized spacial score (nSPS) is 16.2. The Morgan fingerprint density at radius 3 is 2.07 bits per heavy atom. The van der Waals surface area contributed by atoms with Crippen LogP contribution in [0.1, 0.15) is 88.0 Å². The zero-order valence-electron chi connectivity index (χ0n) is 41.6. The monoisotopic (exact) mass is 1080 g/mol.